The summed E-state index contributed by atoms with van der Waals surface area (Å²) in [6.07, 6.45) is 5.67. The number of nitrogens with one attached hydrogen (secondary N) is 1. The van der Waals surface area contributed by atoms with Crippen molar-refractivity contribution in [3.63, 3.8) is 0 Å². The Morgan fingerprint density at radius 1 is 1.10 bits per heavy atom. The van der Waals surface area contributed by atoms with Gasteiger partial charge in [-0.25, -0.2) is 4.99 Å². The van der Waals surface area contributed by atoms with Crippen LogP contribution < -0.4 is 0 Å². The first-order valence-corrected chi connectivity index (χ1v) is 17.4. The van der Waals surface area contributed by atoms with Crippen molar-refractivity contribution in [1.82, 2.24) is 9.88 Å². The highest BCUT2D eigenvalue weighted by Crippen LogP contribution is 2.40. The number of rotatable bonds is 4. The molecule has 1 N–H and O–H groups in total. The second kappa shape index (κ2) is 11.5. The van der Waals surface area contributed by atoms with Crippen LogP contribution in [0, 0.1) is 0 Å². The third-order valence-corrected chi connectivity index (χ3v) is 11.6. The zero-order valence-electron chi connectivity index (χ0n) is 24.6. The van der Waals surface area contributed by atoms with E-state index in [0.29, 0.717) is 30.4 Å². The predicted molar refractivity (Wildman–Crippen MR) is 170 cm³/mol. The maximum Gasteiger partial charge on any atom is 0.418 e. The van der Waals surface area contributed by atoms with Crippen LogP contribution >= 0.6 is 0 Å². The number of nitrogens with zero attached hydrogens (tertiary/aromatic N) is 3. The quantitative estimate of drug-likeness (QED) is 0.377. The molecule has 1 atom stereocenters. The first-order valence-electron chi connectivity index (χ1n) is 15.3. The van der Waals surface area contributed by atoms with Crippen LogP contribution in [0.5, 0.6) is 0 Å². The second-order valence-electron chi connectivity index (χ2n) is 12.8. The van der Waals surface area contributed by atoms with E-state index in [4.69, 9.17) is 0 Å². The van der Waals surface area contributed by atoms with Crippen LogP contribution in [-0.4, -0.2) is 74.9 Å². The lowest BCUT2D eigenvalue weighted by atomic mass is 9.86. The molecule has 2 aromatic rings. The van der Waals surface area contributed by atoms with Crippen molar-refractivity contribution in [2.45, 2.75) is 88.9 Å². The Morgan fingerprint density at radius 3 is 2.52 bits per heavy atom. The van der Waals surface area contributed by atoms with Crippen LogP contribution in [0.25, 0.3) is 16.5 Å². The molecule has 4 aliphatic rings. The van der Waals surface area contributed by atoms with Gasteiger partial charge in [-0.2, -0.15) is 13.2 Å². The Bertz CT molecular complexity index is 1560. The second-order valence-corrected chi connectivity index (χ2v) is 15.5. The molecule has 2 fully saturated rings. The topological polar surface area (TPSA) is 60.8 Å². The molecular formula is C33H41F3N4OS. The number of benzene rings is 1. The predicted octanol–water partition coefficient (Wildman–Crippen LogP) is 7.26. The van der Waals surface area contributed by atoms with E-state index in [1.807, 2.05) is 6.08 Å². The van der Waals surface area contributed by atoms with Crippen molar-refractivity contribution in [3.8, 4) is 0 Å². The van der Waals surface area contributed by atoms with Crippen molar-refractivity contribution in [3.05, 3.63) is 52.7 Å². The van der Waals surface area contributed by atoms with Crippen LogP contribution in [-0.2, 0) is 9.52 Å². The standard InChI is InChI=1S/C33H41F3N4OS/c1-21(2)31-27-17-23(22-9-13-40(14-10-22)26-11-15-42(3,41)16-12-26)7-8-29(27)39-32(31)24-5-4-6-25-19-30(38-20-37-25)28(18-24)33(34,35)36/h5,7-8,17-18,20-22,25-26,39H,3-4,6,9-16,19H2,1-2H3/b24-5+,28-18?. The number of aromatic amines is 1. The number of piperidine rings is 1. The summed E-state index contributed by atoms with van der Waals surface area (Å²) in [5.74, 6) is 5.96. The Balaban J connectivity index is 1.30. The number of aromatic nitrogens is 1. The van der Waals surface area contributed by atoms with Gasteiger partial charge in [-0.1, -0.05) is 26.0 Å². The maximum absolute atomic E-state index is 14.3. The lowest BCUT2D eigenvalue weighted by molar-refractivity contribution is -0.0861. The number of H-pyrrole nitrogens is 1. The summed E-state index contributed by atoms with van der Waals surface area (Å²) < 4.78 is 55.3. The van der Waals surface area contributed by atoms with Gasteiger partial charge in [0.15, 0.2) is 0 Å². The molecule has 4 heterocycles. The summed E-state index contributed by atoms with van der Waals surface area (Å²) in [6.45, 7) is 6.29. The summed E-state index contributed by atoms with van der Waals surface area (Å²) in [6, 6.07) is 6.90. The molecule has 6 rings (SSSR count). The lowest BCUT2D eigenvalue weighted by Crippen LogP contribution is -2.44. The molecule has 1 aliphatic carbocycles. The number of likely N-dealkylation sites (tertiary alicyclic amines) is 1. The largest absolute Gasteiger partial charge is 0.418 e. The molecule has 0 spiro atoms. The van der Waals surface area contributed by atoms with E-state index in [2.05, 4.69) is 57.8 Å². The average molecular weight is 599 g/mol. The van der Waals surface area contributed by atoms with E-state index in [1.54, 1.807) is 0 Å². The Morgan fingerprint density at radius 2 is 1.83 bits per heavy atom. The number of hydrogen-bond donors (Lipinski definition) is 1. The molecular weight excluding hydrogens is 557 g/mol. The summed E-state index contributed by atoms with van der Waals surface area (Å²) in [7, 11) is -1.87. The molecule has 1 aromatic carbocycles. The number of halogens is 3. The van der Waals surface area contributed by atoms with Gasteiger partial charge in [0, 0.05) is 40.6 Å². The number of hydrogen-bond acceptors (Lipinski definition) is 4. The summed E-state index contributed by atoms with van der Waals surface area (Å²) in [5.41, 5.74) is 4.05. The van der Waals surface area contributed by atoms with Gasteiger partial charge in [0.05, 0.1) is 17.3 Å². The zero-order chi connectivity index (χ0) is 29.6. The Hall–Kier alpha value is -2.65. The third kappa shape index (κ3) is 6.05. The highest BCUT2D eigenvalue weighted by molar-refractivity contribution is 8.00. The van der Waals surface area contributed by atoms with Gasteiger partial charge in [0.2, 0.25) is 0 Å². The number of allylic oxidation sites excluding steroid dienone is 4. The van der Waals surface area contributed by atoms with Crippen LogP contribution in [0.1, 0.15) is 87.4 Å². The van der Waals surface area contributed by atoms with E-state index in [-0.39, 0.29) is 24.1 Å². The average Bonchev–Trinajstić information content (AvgIpc) is 3.35. The van der Waals surface area contributed by atoms with E-state index in [1.165, 1.54) is 18.0 Å². The first kappa shape index (κ1) is 29.4. The minimum absolute atomic E-state index is 0.0688. The Labute approximate surface area is 247 Å². The molecule has 9 heteroatoms. The van der Waals surface area contributed by atoms with Crippen LogP contribution in [0.4, 0.5) is 13.2 Å². The molecule has 0 amide bonds. The van der Waals surface area contributed by atoms with Gasteiger partial charge in [0.25, 0.3) is 0 Å². The summed E-state index contributed by atoms with van der Waals surface area (Å²) in [4.78, 5) is 14.5. The number of alkyl halides is 3. The fraction of sp³-hybridized carbons (Fsp3) is 0.545. The van der Waals surface area contributed by atoms with E-state index in [9.17, 15) is 17.4 Å². The van der Waals surface area contributed by atoms with Gasteiger partial charge in [-0.3, -0.25) is 9.20 Å². The third-order valence-electron chi connectivity index (χ3n) is 9.59. The van der Waals surface area contributed by atoms with Gasteiger partial charge < -0.3 is 9.88 Å². The molecule has 1 unspecified atom stereocenters. The summed E-state index contributed by atoms with van der Waals surface area (Å²) in [5, 5.41) is 1.10. The normalized spacial score (nSPS) is 29.4. The lowest BCUT2D eigenvalue weighted by Gasteiger charge is -2.40. The first-order chi connectivity index (χ1) is 20.0. The van der Waals surface area contributed by atoms with Crippen molar-refractivity contribution >= 4 is 43.9 Å². The maximum atomic E-state index is 14.3. The van der Waals surface area contributed by atoms with Crippen LogP contribution in [0.2, 0.25) is 0 Å². The SMILES string of the molecule is C=S1(=O)CCC(N2CCC(c3ccc4[nH]c(/C5=C/CCC6CC(=NC=N6)C(C(F)(F)F)=C5)c(C(C)C)c4c3)CC2)CC1. The van der Waals surface area contributed by atoms with E-state index >= 15 is 0 Å². The molecule has 2 bridgehead atoms. The van der Waals surface area contributed by atoms with E-state index in [0.717, 1.165) is 72.4 Å². The van der Waals surface area contributed by atoms with Gasteiger partial charge in [-0.15, -0.1) is 0 Å². The molecule has 226 valence electrons. The Kier molecular flexibility index (Phi) is 8.02. The van der Waals surface area contributed by atoms with Crippen LogP contribution in [0.15, 0.2) is 45.9 Å². The number of aliphatic imine (C=N–C) groups is 2. The zero-order valence-corrected chi connectivity index (χ0v) is 25.4. The highest BCUT2D eigenvalue weighted by atomic mass is 32.2. The van der Waals surface area contributed by atoms with Gasteiger partial charge in [-0.05, 0) is 114 Å². The molecule has 3 aliphatic heterocycles. The molecule has 2 saturated heterocycles. The minimum Gasteiger partial charge on any atom is -0.354 e. The fourth-order valence-electron chi connectivity index (χ4n) is 7.25. The minimum atomic E-state index is -4.51. The van der Waals surface area contributed by atoms with Gasteiger partial charge in [0.1, 0.15) is 6.34 Å². The molecule has 5 nitrogen and oxygen atoms in total. The summed E-state index contributed by atoms with van der Waals surface area (Å²) >= 11 is 0. The fourth-order valence-corrected chi connectivity index (χ4v) is 8.86. The van der Waals surface area contributed by atoms with Crippen molar-refractivity contribution < 1.29 is 17.4 Å². The molecule has 42 heavy (non-hydrogen) atoms. The molecule has 0 radical (unpaired) electrons. The highest BCUT2D eigenvalue weighted by Gasteiger charge is 2.39. The van der Waals surface area contributed by atoms with E-state index < -0.39 is 21.3 Å². The molecule has 1 aromatic heterocycles. The number of fused-ring (bicyclic) bond motifs is 3. The van der Waals surface area contributed by atoms with Crippen molar-refractivity contribution in [2.75, 3.05) is 24.6 Å². The van der Waals surface area contributed by atoms with Crippen molar-refractivity contribution in [2.24, 2.45) is 9.98 Å². The smallest absolute Gasteiger partial charge is 0.354 e. The van der Waals surface area contributed by atoms with Gasteiger partial charge >= 0.3 is 6.18 Å². The van der Waals surface area contributed by atoms with Crippen molar-refractivity contribution in [1.29, 1.82) is 0 Å². The molecule has 0 saturated carbocycles. The van der Waals surface area contributed by atoms with Crippen LogP contribution in [0.3, 0.4) is 0 Å². The monoisotopic (exact) mass is 598 g/mol.